The Bertz CT molecular complexity index is 1870. The molecule has 3 heterocycles. The van der Waals surface area contributed by atoms with Crippen LogP contribution < -0.4 is 15.0 Å². The summed E-state index contributed by atoms with van der Waals surface area (Å²) < 4.78 is 33.4. The van der Waals surface area contributed by atoms with Crippen LogP contribution in [0.3, 0.4) is 0 Å². The van der Waals surface area contributed by atoms with Gasteiger partial charge in [0.1, 0.15) is 5.75 Å². The number of aliphatic hydroxyl groups excluding tert-OH is 1. The molecule has 3 aliphatic heterocycles. The summed E-state index contributed by atoms with van der Waals surface area (Å²) in [5, 5.41) is 13.2. The van der Waals surface area contributed by atoms with Gasteiger partial charge in [0.05, 0.1) is 45.1 Å². The molecule has 1 fully saturated rings. The first-order chi connectivity index (χ1) is 25.3. The fourth-order valence-corrected chi connectivity index (χ4v) is 11.0. The Hall–Kier alpha value is -4.59. The number of carbonyl (C=O) groups is 4. The summed E-state index contributed by atoms with van der Waals surface area (Å²) in [6.07, 6.45) is 0.594. The van der Waals surface area contributed by atoms with E-state index < -0.39 is 37.6 Å². The molecule has 0 aliphatic carbocycles. The van der Waals surface area contributed by atoms with E-state index in [1.54, 1.807) is 72.5 Å². The van der Waals surface area contributed by atoms with Crippen molar-refractivity contribution >= 4 is 43.5 Å². The van der Waals surface area contributed by atoms with Gasteiger partial charge in [0.2, 0.25) is 14.3 Å². The number of rotatable bonds is 12. The van der Waals surface area contributed by atoms with Crippen LogP contribution in [0.15, 0.2) is 66.7 Å². The van der Waals surface area contributed by atoms with Crippen molar-refractivity contribution in [3.05, 3.63) is 89.0 Å². The van der Waals surface area contributed by atoms with E-state index in [1.807, 2.05) is 31.2 Å². The first-order valence-corrected chi connectivity index (χ1v) is 21.1. The maximum Gasteiger partial charge on any atom is 0.305 e. The molecule has 13 heteroatoms. The van der Waals surface area contributed by atoms with Crippen LogP contribution in [0.4, 0.5) is 15.5 Å². The van der Waals surface area contributed by atoms with Crippen LogP contribution in [0.25, 0.3) is 0 Å². The lowest BCUT2D eigenvalue weighted by molar-refractivity contribution is -0.151. The van der Waals surface area contributed by atoms with E-state index in [2.05, 4.69) is 5.32 Å². The third kappa shape index (κ3) is 7.34. The number of unbranched alkanes of at least 4 members (excludes halogenated alkanes) is 1. The van der Waals surface area contributed by atoms with Crippen molar-refractivity contribution < 1.29 is 42.6 Å². The van der Waals surface area contributed by atoms with Crippen LogP contribution in [0.5, 0.6) is 5.75 Å². The molecule has 0 saturated carbocycles. The molecule has 3 aliphatic rings. The third-order valence-electron chi connectivity index (χ3n) is 11.1. The first-order valence-electron chi connectivity index (χ1n) is 18.1. The lowest BCUT2D eigenvalue weighted by Crippen LogP contribution is -2.48. The smallest absolute Gasteiger partial charge is 0.305 e. The minimum absolute atomic E-state index is 0.161. The molecule has 3 aromatic rings. The van der Waals surface area contributed by atoms with E-state index >= 15 is 4.11 Å². The second-order valence-electron chi connectivity index (χ2n) is 14.7. The maximum atomic E-state index is 16.6. The highest BCUT2D eigenvalue weighted by molar-refractivity contribution is 6.72. The van der Waals surface area contributed by atoms with Crippen LogP contribution in [0, 0.1) is 5.92 Å². The molecule has 5 atom stereocenters. The van der Waals surface area contributed by atoms with Crippen molar-refractivity contribution in [3.8, 4) is 5.75 Å². The molecule has 0 bridgehead atoms. The zero-order valence-electron chi connectivity index (χ0n) is 30.9. The number of carbonyl (C=O) groups excluding carboxylic acids is 4. The Labute approximate surface area is 310 Å². The van der Waals surface area contributed by atoms with Crippen LogP contribution >= 0.6 is 0 Å². The standard InChI is InChI=1S/C40H48FN3O8Si/c1-25-37(53(4,5)41)34(22-35(46)44-23-28-11-7-6-10-27(28)20-30(44)24-45)52-40(25)32-21-29(42-38(48)26-13-16-31(50-2)17-14-26)15-18-33(32)43(39(40)49)19-9-8-12-36(47)51-3/h6-7,10-11,13-18,21,25,30,34,37,45H,8-9,12,19-20,22-24H2,1-5H3,(H,42,48)/t25-,30+,34+,37-,40+/m1/s1. The fourth-order valence-electron chi connectivity index (χ4n) is 8.47. The summed E-state index contributed by atoms with van der Waals surface area (Å²) in [5.74, 6) is -1.41. The molecule has 1 saturated heterocycles. The van der Waals surface area contributed by atoms with Crippen molar-refractivity contribution in [1.82, 2.24) is 4.90 Å². The Morgan fingerprint density at radius 1 is 1.04 bits per heavy atom. The van der Waals surface area contributed by atoms with Gasteiger partial charge in [0, 0.05) is 47.8 Å². The average molecular weight is 746 g/mol. The van der Waals surface area contributed by atoms with E-state index in [4.69, 9.17) is 14.2 Å². The number of hydrogen-bond acceptors (Lipinski definition) is 8. The molecular formula is C40H48FN3O8Si. The van der Waals surface area contributed by atoms with E-state index in [0.29, 0.717) is 54.1 Å². The Morgan fingerprint density at radius 2 is 1.75 bits per heavy atom. The van der Waals surface area contributed by atoms with Gasteiger partial charge in [0.25, 0.3) is 11.8 Å². The Morgan fingerprint density at radius 3 is 2.42 bits per heavy atom. The maximum absolute atomic E-state index is 16.6. The molecular weight excluding hydrogens is 698 g/mol. The van der Waals surface area contributed by atoms with Crippen molar-refractivity contribution in [2.75, 3.05) is 37.6 Å². The molecule has 1 spiro atoms. The Kier molecular flexibility index (Phi) is 11.1. The third-order valence-corrected chi connectivity index (χ3v) is 13.5. The molecule has 2 N–H and O–H groups in total. The number of amides is 3. The number of hydrogen-bond donors (Lipinski definition) is 2. The lowest BCUT2D eigenvalue weighted by atomic mass is 9.82. The highest BCUT2D eigenvalue weighted by Gasteiger charge is 2.67. The van der Waals surface area contributed by atoms with Gasteiger partial charge < -0.3 is 38.5 Å². The fraction of sp³-hybridized carbons (Fsp3) is 0.450. The molecule has 0 unspecified atom stereocenters. The SMILES string of the molecule is COC(=O)CCCCN1C(=O)[C@@]2(O[C@@H](CC(=O)N3Cc4ccccc4C[C@H]3CO)[C@H]([Si](C)(C)F)[C@H]2C)c2cc(NC(=O)c3ccc(OC)cc3)ccc21. The molecule has 3 aromatic carbocycles. The van der Waals surface area contributed by atoms with Crippen LogP contribution in [-0.4, -0.2) is 81.6 Å². The highest BCUT2D eigenvalue weighted by atomic mass is 28.4. The van der Waals surface area contributed by atoms with Gasteiger partial charge in [-0.15, -0.1) is 0 Å². The summed E-state index contributed by atoms with van der Waals surface area (Å²) in [5.41, 5.74) is 1.59. The van der Waals surface area contributed by atoms with Crippen molar-refractivity contribution in [2.24, 2.45) is 5.92 Å². The summed E-state index contributed by atoms with van der Waals surface area (Å²) in [4.78, 5) is 57.3. The predicted molar refractivity (Wildman–Crippen MR) is 200 cm³/mol. The highest BCUT2D eigenvalue weighted by Crippen LogP contribution is 2.60. The van der Waals surface area contributed by atoms with Crippen LogP contribution in [-0.2, 0) is 42.4 Å². The number of methoxy groups -OCH3 is 2. The number of halogens is 1. The van der Waals surface area contributed by atoms with Gasteiger partial charge in [-0.05, 0) is 85.9 Å². The number of fused-ring (bicyclic) bond motifs is 3. The molecule has 0 aromatic heterocycles. The summed E-state index contributed by atoms with van der Waals surface area (Å²) in [7, 11) is -0.729. The number of aliphatic hydroxyl groups is 1. The molecule has 6 rings (SSSR count). The molecule has 3 amide bonds. The summed E-state index contributed by atoms with van der Waals surface area (Å²) >= 11 is 0. The number of ether oxygens (including phenoxy) is 3. The zero-order chi connectivity index (χ0) is 38.1. The number of benzene rings is 3. The largest absolute Gasteiger partial charge is 0.497 e. The lowest BCUT2D eigenvalue weighted by Gasteiger charge is -2.37. The molecule has 282 valence electrons. The van der Waals surface area contributed by atoms with Gasteiger partial charge >= 0.3 is 5.97 Å². The van der Waals surface area contributed by atoms with E-state index in [1.165, 1.54) is 7.11 Å². The second kappa shape index (κ2) is 15.4. The molecule has 0 radical (unpaired) electrons. The number of nitrogens with one attached hydrogen (secondary N) is 1. The van der Waals surface area contributed by atoms with Crippen molar-refractivity contribution in [2.45, 2.75) is 82.0 Å². The summed E-state index contributed by atoms with van der Waals surface area (Å²) in [6, 6.07) is 19.2. The quantitative estimate of drug-likeness (QED) is 0.104. The minimum Gasteiger partial charge on any atom is -0.497 e. The van der Waals surface area contributed by atoms with Gasteiger partial charge in [0.15, 0.2) is 5.60 Å². The minimum atomic E-state index is -3.60. The topological polar surface area (TPSA) is 135 Å². The predicted octanol–water partition coefficient (Wildman–Crippen LogP) is 5.75. The van der Waals surface area contributed by atoms with Crippen molar-refractivity contribution in [1.29, 1.82) is 0 Å². The van der Waals surface area contributed by atoms with Crippen LogP contribution in [0.1, 0.15) is 59.7 Å². The van der Waals surface area contributed by atoms with E-state index in [9.17, 15) is 24.3 Å². The number of esters is 1. The molecule has 11 nitrogen and oxygen atoms in total. The number of anilines is 2. The van der Waals surface area contributed by atoms with E-state index in [-0.39, 0.29) is 49.7 Å². The van der Waals surface area contributed by atoms with Crippen molar-refractivity contribution in [3.63, 3.8) is 0 Å². The van der Waals surface area contributed by atoms with Gasteiger partial charge in [-0.3, -0.25) is 19.2 Å². The summed E-state index contributed by atoms with van der Waals surface area (Å²) in [6.45, 7) is 5.35. The van der Waals surface area contributed by atoms with Gasteiger partial charge in [-0.1, -0.05) is 31.2 Å². The second-order valence-corrected chi connectivity index (χ2v) is 18.5. The number of nitrogens with zero attached hydrogens (tertiary/aromatic N) is 2. The molecule has 53 heavy (non-hydrogen) atoms. The first kappa shape index (κ1) is 38.1. The zero-order valence-corrected chi connectivity index (χ0v) is 31.9. The van der Waals surface area contributed by atoms with Crippen LogP contribution in [0.2, 0.25) is 18.6 Å². The monoisotopic (exact) mass is 745 g/mol. The van der Waals surface area contributed by atoms with E-state index in [0.717, 1.165) is 11.1 Å². The van der Waals surface area contributed by atoms with Gasteiger partial charge in [-0.25, -0.2) is 0 Å². The van der Waals surface area contributed by atoms with Gasteiger partial charge in [-0.2, -0.15) is 0 Å². The normalized spacial score (nSPS) is 23.5. The Balaban J connectivity index is 1.34. The average Bonchev–Trinajstić information content (AvgIpc) is 3.57.